The van der Waals surface area contributed by atoms with Crippen LogP contribution in [-0.2, 0) is 5.54 Å². The minimum atomic E-state index is -0.564. The summed E-state index contributed by atoms with van der Waals surface area (Å²) < 4.78 is 15.4. The summed E-state index contributed by atoms with van der Waals surface area (Å²) in [5.74, 6) is -0.365. The normalized spacial score (nSPS) is 13.2. The number of hydrogen-bond acceptors (Lipinski definition) is 3. The van der Waals surface area contributed by atoms with E-state index in [0.717, 1.165) is 5.01 Å². The van der Waals surface area contributed by atoms with Gasteiger partial charge in [0.05, 0.1) is 16.9 Å². The largest absolute Gasteiger partial charge is 0.326 e. The highest BCUT2D eigenvalue weighted by molar-refractivity contribution is 7.09. The second-order valence-corrected chi connectivity index (χ2v) is 6.75. The monoisotopic (exact) mass is 358 g/mol. The van der Waals surface area contributed by atoms with Gasteiger partial charge in [-0.15, -0.1) is 11.3 Å². The molecule has 0 aliphatic heterocycles. The van der Waals surface area contributed by atoms with Gasteiger partial charge in [0.25, 0.3) is 0 Å². The fourth-order valence-corrected chi connectivity index (χ4v) is 3.34. The quantitative estimate of drug-likeness (QED) is 0.704. The van der Waals surface area contributed by atoms with Crippen molar-refractivity contribution in [3.05, 3.63) is 65.1 Å². The lowest BCUT2D eigenvalue weighted by Crippen LogP contribution is -2.45. The van der Waals surface area contributed by atoms with Crippen LogP contribution in [0.4, 0.5) is 14.9 Å². The Balaban J connectivity index is 1.82. The summed E-state index contributed by atoms with van der Waals surface area (Å²) in [6, 6.07) is 7.57. The van der Waals surface area contributed by atoms with E-state index in [0.29, 0.717) is 17.8 Å². The SMILES string of the molecule is CC[C@](C)(NC(=O)Nc1ccc(F)cc1-n1cccc1)c1nccs1. The first-order chi connectivity index (χ1) is 12.0. The van der Waals surface area contributed by atoms with Crippen molar-refractivity contribution >= 4 is 23.1 Å². The first-order valence-corrected chi connectivity index (χ1v) is 8.82. The van der Waals surface area contributed by atoms with Crippen LogP contribution >= 0.6 is 11.3 Å². The number of thiazole rings is 1. The van der Waals surface area contributed by atoms with Crippen LogP contribution in [0.15, 0.2) is 54.3 Å². The summed E-state index contributed by atoms with van der Waals surface area (Å²) in [7, 11) is 0. The Bertz CT molecular complexity index is 848. The number of hydrogen-bond donors (Lipinski definition) is 2. The molecular formula is C18H19FN4OS. The number of carbonyl (C=O) groups excluding carboxylic acids is 1. The van der Waals surface area contributed by atoms with E-state index in [9.17, 15) is 9.18 Å². The Morgan fingerprint density at radius 1 is 1.36 bits per heavy atom. The molecule has 7 heteroatoms. The molecule has 1 aromatic carbocycles. The molecule has 0 spiro atoms. The number of rotatable bonds is 5. The summed E-state index contributed by atoms with van der Waals surface area (Å²) in [5.41, 5.74) is 0.520. The average Bonchev–Trinajstić information content (AvgIpc) is 3.30. The van der Waals surface area contributed by atoms with Gasteiger partial charge in [-0.3, -0.25) is 0 Å². The third-order valence-corrected chi connectivity index (χ3v) is 5.13. The number of halogens is 1. The van der Waals surface area contributed by atoms with Crippen LogP contribution in [-0.4, -0.2) is 15.6 Å². The van der Waals surface area contributed by atoms with Crippen LogP contribution < -0.4 is 10.6 Å². The van der Waals surface area contributed by atoms with Crippen LogP contribution in [0.3, 0.4) is 0 Å². The molecule has 5 nitrogen and oxygen atoms in total. The number of aromatic nitrogens is 2. The van der Waals surface area contributed by atoms with Crippen molar-refractivity contribution in [3.8, 4) is 5.69 Å². The summed E-state index contributed by atoms with van der Waals surface area (Å²) in [5, 5.41) is 8.52. The van der Waals surface area contributed by atoms with Crippen molar-refractivity contribution in [2.45, 2.75) is 25.8 Å². The van der Waals surface area contributed by atoms with E-state index < -0.39 is 5.54 Å². The molecule has 0 radical (unpaired) electrons. The van der Waals surface area contributed by atoms with E-state index in [1.54, 1.807) is 29.2 Å². The lowest BCUT2D eigenvalue weighted by Gasteiger charge is -2.27. The molecule has 3 aromatic rings. The van der Waals surface area contributed by atoms with Gasteiger partial charge in [-0.2, -0.15) is 0 Å². The van der Waals surface area contributed by atoms with Gasteiger partial charge in [0.1, 0.15) is 10.8 Å². The number of benzene rings is 1. The van der Waals surface area contributed by atoms with Gasteiger partial charge in [0, 0.05) is 24.0 Å². The average molecular weight is 358 g/mol. The third-order valence-electron chi connectivity index (χ3n) is 4.09. The number of urea groups is 1. The Kier molecular flexibility index (Phi) is 4.85. The van der Waals surface area contributed by atoms with Gasteiger partial charge in [-0.25, -0.2) is 14.2 Å². The number of carbonyl (C=O) groups is 1. The minimum absolute atomic E-state index is 0.362. The maximum atomic E-state index is 13.6. The Hall–Kier alpha value is -2.67. The highest BCUT2D eigenvalue weighted by Gasteiger charge is 2.29. The molecule has 0 aliphatic rings. The molecule has 0 aliphatic carbocycles. The fourth-order valence-electron chi connectivity index (χ4n) is 2.51. The second-order valence-electron chi connectivity index (χ2n) is 5.85. The standard InChI is InChI=1S/C18H19FN4OS/c1-3-18(2,16-20-8-11-25-16)22-17(24)21-14-7-6-13(19)12-15(14)23-9-4-5-10-23/h4-12H,3H2,1-2H3,(H2,21,22,24)/t18-/m0/s1. The van der Waals surface area contributed by atoms with Crippen molar-refractivity contribution in [1.29, 1.82) is 0 Å². The molecule has 0 bridgehead atoms. The molecule has 1 atom stereocenters. The smallest absolute Gasteiger partial charge is 0.320 e. The zero-order valence-electron chi connectivity index (χ0n) is 14.0. The van der Waals surface area contributed by atoms with Gasteiger partial charge in [-0.05, 0) is 43.7 Å². The first-order valence-electron chi connectivity index (χ1n) is 7.94. The van der Waals surface area contributed by atoms with Gasteiger partial charge < -0.3 is 15.2 Å². The van der Waals surface area contributed by atoms with E-state index >= 15 is 0 Å². The van der Waals surface area contributed by atoms with E-state index in [-0.39, 0.29) is 11.8 Å². The number of nitrogens with zero attached hydrogens (tertiary/aromatic N) is 2. The molecule has 2 aromatic heterocycles. The maximum absolute atomic E-state index is 13.6. The van der Waals surface area contributed by atoms with Gasteiger partial charge in [0.2, 0.25) is 0 Å². The molecule has 0 fully saturated rings. The molecule has 25 heavy (non-hydrogen) atoms. The Morgan fingerprint density at radius 3 is 2.76 bits per heavy atom. The summed E-state index contributed by atoms with van der Waals surface area (Å²) in [6.45, 7) is 3.92. The molecule has 3 rings (SSSR count). The Morgan fingerprint density at radius 2 is 2.12 bits per heavy atom. The molecule has 130 valence electrons. The molecule has 2 amide bonds. The van der Waals surface area contributed by atoms with Crippen LogP contribution in [0, 0.1) is 5.82 Å². The number of amides is 2. The van der Waals surface area contributed by atoms with Gasteiger partial charge >= 0.3 is 6.03 Å². The summed E-state index contributed by atoms with van der Waals surface area (Å²) >= 11 is 1.50. The fraction of sp³-hybridized carbons (Fsp3) is 0.222. The molecule has 0 saturated carbocycles. The van der Waals surface area contributed by atoms with Crippen molar-refractivity contribution < 1.29 is 9.18 Å². The molecule has 0 saturated heterocycles. The minimum Gasteiger partial charge on any atom is -0.326 e. The number of anilines is 1. The van der Waals surface area contributed by atoms with Crippen LogP contribution in [0.1, 0.15) is 25.3 Å². The molecule has 0 unspecified atom stereocenters. The maximum Gasteiger partial charge on any atom is 0.320 e. The van der Waals surface area contributed by atoms with E-state index in [4.69, 9.17) is 0 Å². The summed E-state index contributed by atoms with van der Waals surface area (Å²) in [6.07, 6.45) is 6.01. The van der Waals surface area contributed by atoms with Crippen molar-refractivity contribution in [3.63, 3.8) is 0 Å². The van der Waals surface area contributed by atoms with Crippen LogP contribution in [0.5, 0.6) is 0 Å². The third kappa shape index (κ3) is 3.71. The van der Waals surface area contributed by atoms with Crippen LogP contribution in [0.25, 0.3) is 5.69 Å². The van der Waals surface area contributed by atoms with E-state index in [1.165, 1.54) is 23.5 Å². The summed E-state index contributed by atoms with van der Waals surface area (Å²) in [4.78, 5) is 16.9. The number of nitrogens with one attached hydrogen (secondary N) is 2. The molecule has 2 N–H and O–H groups in total. The van der Waals surface area contributed by atoms with Gasteiger partial charge in [-0.1, -0.05) is 6.92 Å². The van der Waals surface area contributed by atoms with Crippen molar-refractivity contribution in [1.82, 2.24) is 14.9 Å². The topological polar surface area (TPSA) is 59.0 Å². The predicted molar refractivity (Wildman–Crippen MR) is 97.6 cm³/mol. The van der Waals surface area contributed by atoms with Gasteiger partial charge in [0.15, 0.2) is 0 Å². The zero-order chi connectivity index (χ0) is 17.9. The predicted octanol–water partition coefficient (Wildman–Crippen LogP) is 4.52. The van der Waals surface area contributed by atoms with E-state index in [2.05, 4.69) is 15.6 Å². The lowest BCUT2D eigenvalue weighted by molar-refractivity contribution is 0.237. The highest BCUT2D eigenvalue weighted by atomic mass is 32.1. The first kappa shape index (κ1) is 17.2. The van der Waals surface area contributed by atoms with E-state index in [1.807, 2.05) is 31.4 Å². The Labute approximate surface area is 149 Å². The highest BCUT2D eigenvalue weighted by Crippen LogP contribution is 2.27. The lowest BCUT2D eigenvalue weighted by atomic mass is 10.0. The van der Waals surface area contributed by atoms with Crippen molar-refractivity contribution in [2.75, 3.05) is 5.32 Å². The van der Waals surface area contributed by atoms with Crippen LogP contribution in [0.2, 0.25) is 0 Å². The molecular weight excluding hydrogens is 339 g/mol. The van der Waals surface area contributed by atoms with Crippen molar-refractivity contribution in [2.24, 2.45) is 0 Å². The molecule has 2 heterocycles. The second kappa shape index (κ2) is 7.06. The zero-order valence-corrected chi connectivity index (χ0v) is 14.8.